The van der Waals surface area contributed by atoms with Crippen LogP contribution in [0.1, 0.15) is 44.1 Å². The van der Waals surface area contributed by atoms with Crippen LogP contribution in [-0.4, -0.2) is 26.4 Å². The quantitative estimate of drug-likeness (QED) is 0.577. The summed E-state index contributed by atoms with van der Waals surface area (Å²) in [5, 5.41) is 3.09. The topological polar surface area (TPSA) is 75.3 Å². The van der Waals surface area contributed by atoms with Crippen molar-refractivity contribution in [3.8, 4) is 0 Å². The molecule has 0 radical (unpaired) electrons. The van der Waals surface area contributed by atoms with E-state index in [0.717, 1.165) is 46.4 Å². The second-order valence-electron chi connectivity index (χ2n) is 7.12. The lowest BCUT2D eigenvalue weighted by Gasteiger charge is -2.22. The molecular weight excluding hydrogens is 460 g/mol. The SMILES string of the molecule is O=C(NC1CCCCCC1)[C@@H](Cc1ccccc1)NS(=O)(=O)c1ccc(Br)s1. The lowest BCUT2D eigenvalue weighted by Crippen LogP contribution is -2.50. The van der Waals surface area contributed by atoms with Crippen LogP contribution < -0.4 is 10.0 Å². The van der Waals surface area contributed by atoms with Gasteiger partial charge in [-0.1, -0.05) is 56.0 Å². The maximum Gasteiger partial charge on any atom is 0.250 e. The number of carbonyl (C=O) groups is 1. The second-order valence-corrected chi connectivity index (χ2v) is 11.5. The molecule has 0 aliphatic heterocycles. The molecule has 1 aromatic carbocycles. The number of halogens is 1. The van der Waals surface area contributed by atoms with Crippen molar-refractivity contribution in [1.82, 2.24) is 10.0 Å². The summed E-state index contributed by atoms with van der Waals surface area (Å²) >= 11 is 4.42. The van der Waals surface area contributed by atoms with Gasteiger partial charge in [0.2, 0.25) is 5.91 Å². The van der Waals surface area contributed by atoms with Crippen LogP contribution in [0, 0.1) is 0 Å². The average molecular weight is 485 g/mol. The van der Waals surface area contributed by atoms with Crippen LogP contribution in [0.25, 0.3) is 0 Å². The molecule has 5 nitrogen and oxygen atoms in total. The molecule has 0 spiro atoms. The summed E-state index contributed by atoms with van der Waals surface area (Å²) in [5.74, 6) is -0.255. The number of hydrogen-bond donors (Lipinski definition) is 2. The summed E-state index contributed by atoms with van der Waals surface area (Å²) in [6.07, 6.45) is 6.81. The second kappa shape index (κ2) is 10.0. The van der Waals surface area contributed by atoms with Gasteiger partial charge in [-0.2, -0.15) is 4.72 Å². The lowest BCUT2D eigenvalue weighted by molar-refractivity contribution is -0.123. The zero-order valence-corrected chi connectivity index (χ0v) is 18.8. The molecule has 152 valence electrons. The largest absolute Gasteiger partial charge is 0.352 e. The molecule has 0 saturated heterocycles. The Hall–Kier alpha value is -1.22. The minimum Gasteiger partial charge on any atom is -0.352 e. The Morgan fingerprint density at radius 2 is 1.75 bits per heavy atom. The van der Waals surface area contributed by atoms with E-state index in [-0.39, 0.29) is 16.2 Å². The van der Waals surface area contributed by atoms with E-state index in [2.05, 4.69) is 26.0 Å². The van der Waals surface area contributed by atoms with Gasteiger partial charge >= 0.3 is 0 Å². The fraction of sp³-hybridized carbons (Fsp3) is 0.450. The van der Waals surface area contributed by atoms with Crippen LogP contribution in [0.5, 0.6) is 0 Å². The van der Waals surface area contributed by atoms with Crippen LogP contribution in [0.15, 0.2) is 50.5 Å². The van der Waals surface area contributed by atoms with Crippen molar-refractivity contribution in [2.75, 3.05) is 0 Å². The molecule has 1 aliphatic carbocycles. The van der Waals surface area contributed by atoms with Gasteiger partial charge in [0, 0.05) is 6.04 Å². The lowest BCUT2D eigenvalue weighted by atomic mass is 10.0. The first kappa shape index (κ1) is 21.5. The molecule has 8 heteroatoms. The van der Waals surface area contributed by atoms with Gasteiger partial charge in [-0.25, -0.2) is 8.42 Å². The van der Waals surface area contributed by atoms with E-state index >= 15 is 0 Å². The number of benzene rings is 1. The number of carbonyl (C=O) groups excluding carboxylic acids is 1. The third-order valence-electron chi connectivity index (χ3n) is 4.91. The van der Waals surface area contributed by atoms with Crippen molar-refractivity contribution in [2.24, 2.45) is 0 Å². The fourth-order valence-electron chi connectivity index (χ4n) is 3.45. The Labute approximate surface area is 179 Å². The first-order valence-corrected chi connectivity index (χ1v) is 12.7. The van der Waals surface area contributed by atoms with E-state index in [9.17, 15) is 13.2 Å². The average Bonchev–Trinajstić information content (AvgIpc) is 2.96. The maximum atomic E-state index is 13.0. The normalized spacial score (nSPS) is 17.0. The Morgan fingerprint density at radius 1 is 1.07 bits per heavy atom. The van der Waals surface area contributed by atoms with Crippen molar-refractivity contribution in [3.63, 3.8) is 0 Å². The molecule has 2 aromatic rings. The highest BCUT2D eigenvalue weighted by atomic mass is 79.9. The summed E-state index contributed by atoms with van der Waals surface area (Å²) in [5.41, 5.74) is 0.915. The number of hydrogen-bond acceptors (Lipinski definition) is 4. The van der Waals surface area contributed by atoms with E-state index in [4.69, 9.17) is 0 Å². The standard InChI is InChI=1S/C20H25BrN2O3S2/c21-18-12-13-19(27-18)28(25,26)23-17(14-15-8-4-3-5-9-15)20(24)22-16-10-6-1-2-7-11-16/h3-5,8-9,12-13,16-17,23H,1-2,6-7,10-11,14H2,(H,22,24)/t17-/m1/s1. The van der Waals surface area contributed by atoms with Gasteiger partial charge in [-0.3, -0.25) is 4.79 Å². The first-order valence-electron chi connectivity index (χ1n) is 9.56. The molecule has 1 saturated carbocycles. The van der Waals surface area contributed by atoms with E-state index in [1.54, 1.807) is 12.1 Å². The van der Waals surface area contributed by atoms with Crippen LogP contribution in [0.4, 0.5) is 0 Å². The number of amides is 1. The van der Waals surface area contributed by atoms with Gasteiger partial charge in [0.05, 0.1) is 3.79 Å². The van der Waals surface area contributed by atoms with Crippen molar-refractivity contribution >= 4 is 43.2 Å². The monoisotopic (exact) mass is 484 g/mol. The molecule has 1 aromatic heterocycles. The van der Waals surface area contributed by atoms with Gasteiger partial charge in [0.15, 0.2) is 0 Å². The highest BCUT2D eigenvalue weighted by Gasteiger charge is 2.28. The molecule has 0 unspecified atom stereocenters. The first-order chi connectivity index (χ1) is 13.4. The fourth-order valence-corrected chi connectivity index (χ4v) is 6.67. The Balaban J connectivity index is 1.76. The van der Waals surface area contributed by atoms with Crippen LogP contribution in [-0.2, 0) is 21.2 Å². The van der Waals surface area contributed by atoms with Crippen LogP contribution >= 0.6 is 27.3 Å². The molecule has 1 amide bonds. The van der Waals surface area contributed by atoms with Crippen molar-refractivity contribution in [2.45, 2.75) is 61.2 Å². The van der Waals surface area contributed by atoms with Crippen molar-refractivity contribution in [1.29, 1.82) is 0 Å². The highest BCUT2D eigenvalue weighted by molar-refractivity contribution is 9.11. The Bertz CT molecular complexity index is 876. The predicted molar refractivity (Wildman–Crippen MR) is 116 cm³/mol. The molecule has 28 heavy (non-hydrogen) atoms. The molecule has 1 heterocycles. The molecule has 3 rings (SSSR count). The Morgan fingerprint density at radius 3 is 2.36 bits per heavy atom. The zero-order valence-electron chi connectivity index (χ0n) is 15.6. The maximum absolute atomic E-state index is 13.0. The van der Waals surface area contributed by atoms with Crippen molar-refractivity contribution in [3.05, 3.63) is 51.8 Å². The molecule has 0 bridgehead atoms. The minimum atomic E-state index is -3.77. The molecule has 1 atom stereocenters. The number of nitrogens with one attached hydrogen (secondary N) is 2. The number of sulfonamides is 1. The van der Waals surface area contributed by atoms with Gasteiger partial charge in [-0.15, -0.1) is 11.3 Å². The van der Waals surface area contributed by atoms with Gasteiger partial charge < -0.3 is 5.32 Å². The van der Waals surface area contributed by atoms with E-state index in [1.807, 2.05) is 30.3 Å². The third-order valence-corrected chi connectivity index (χ3v) is 8.50. The van der Waals surface area contributed by atoms with E-state index in [0.29, 0.717) is 6.42 Å². The summed E-state index contributed by atoms with van der Waals surface area (Å²) in [4.78, 5) is 13.0. The summed E-state index contributed by atoms with van der Waals surface area (Å²) in [6.45, 7) is 0. The summed E-state index contributed by atoms with van der Waals surface area (Å²) < 4.78 is 29.1. The van der Waals surface area contributed by atoms with E-state index in [1.165, 1.54) is 12.8 Å². The summed E-state index contributed by atoms with van der Waals surface area (Å²) in [6, 6.07) is 12.0. The molecule has 2 N–H and O–H groups in total. The zero-order chi connectivity index (χ0) is 20.0. The van der Waals surface area contributed by atoms with Gasteiger partial charge in [0.25, 0.3) is 10.0 Å². The van der Waals surface area contributed by atoms with Crippen LogP contribution in [0.2, 0.25) is 0 Å². The van der Waals surface area contributed by atoms with Crippen LogP contribution in [0.3, 0.4) is 0 Å². The Kier molecular flexibility index (Phi) is 7.68. The highest BCUT2D eigenvalue weighted by Crippen LogP contribution is 2.26. The van der Waals surface area contributed by atoms with Gasteiger partial charge in [-0.05, 0) is 52.9 Å². The smallest absolute Gasteiger partial charge is 0.250 e. The molecule has 1 aliphatic rings. The van der Waals surface area contributed by atoms with Crippen molar-refractivity contribution < 1.29 is 13.2 Å². The molecule has 1 fully saturated rings. The third kappa shape index (κ3) is 6.14. The summed E-state index contributed by atoms with van der Waals surface area (Å²) in [7, 11) is -3.77. The minimum absolute atomic E-state index is 0.119. The van der Waals surface area contributed by atoms with Gasteiger partial charge in [0.1, 0.15) is 10.3 Å². The number of rotatable bonds is 7. The van der Waals surface area contributed by atoms with E-state index < -0.39 is 16.1 Å². The molecular formula is C20H25BrN2O3S2. The number of thiophene rings is 1. The predicted octanol–water partition coefficient (Wildman–Crippen LogP) is 4.24.